The van der Waals surface area contributed by atoms with Gasteiger partial charge < -0.3 is 10.2 Å². The van der Waals surface area contributed by atoms with Crippen LogP contribution in [0.15, 0.2) is 22.7 Å². The number of hydrogen-bond acceptors (Lipinski definition) is 4. The number of halogens is 1. The van der Waals surface area contributed by atoms with E-state index in [1.54, 1.807) is 6.07 Å². The van der Waals surface area contributed by atoms with Crippen molar-refractivity contribution in [3.05, 3.63) is 38.3 Å². The predicted octanol–water partition coefficient (Wildman–Crippen LogP) is 2.57. The lowest BCUT2D eigenvalue weighted by Crippen LogP contribution is -2.47. The molecule has 1 amide bonds. The number of amides is 1. The first-order valence-electron chi connectivity index (χ1n) is 6.99. The number of nitrogens with one attached hydrogen (secondary N) is 1. The van der Waals surface area contributed by atoms with Gasteiger partial charge in [0.25, 0.3) is 11.6 Å². The minimum atomic E-state index is -0.500. The second-order valence-electron chi connectivity index (χ2n) is 5.10. The Morgan fingerprint density at radius 2 is 2.33 bits per heavy atom. The Balaban J connectivity index is 2.10. The monoisotopic (exact) mass is 355 g/mol. The normalized spacial score (nSPS) is 19.2. The van der Waals surface area contributed by atoms with Crippen LogP contribution in [0.4, 0.5) is 5.69 Å². The van der Waals surface area contributed by atoms with Crippen molar-refractivity contribution in [3.8, 4) is 0 Å². The van der Waals surface area contributed by atoms with Gasteiger partial charge in [0.05, 0.1) is 10.5 Å². The highest BCUT2D eigenvalue weighted by atomic mass is 79.9. The van der Waals surface area contributed by atoms with E-state index < -0.39 is 4.92 Å². The molecular weight excluding hydrogens is 338 g/mol. The van der Waals surface area contributed by atoms with Gasteiger partial charge in [0, 0.05) is 18.7 Å². The van der Waals surface area contributed by atoms with Gasteiger partial charge in [-0.1, -0.05) is 13.0 Å². The molecule has 6 nitrogen and oxygen atoms in total. The molecule has 1 aromatic carbocycles. The van der Waals surface area contributed by atoms with Crippen molar-refractivity contribution < 1.29 is 9.72 Å². The number of piperidine rings is 1. The molecule has 1 N–H and O–H groups in total. The molecule has 1 atom stereocenters. The number of benzene rings is 1. The third-order valence-corrected chi connectivity index (χ3v) is 4.54. The number of nitrogens with zero attached hydrogens (tertiary/aromatic N) is 2. The molecule has 2 rings (SSSR count). The molecule has 21 heavy (non-hydrogen) atoms. The van der Waals surface area contributed by atoms with Gasteiger partial charge in [-0.25, -0.2) is 0 Å². The molecule has 0 radical (unpaired) electrons. The maximum absolute atomic E-state index is 12.3. The maximum Gasteiger partial charge on any atom is 0.284 e. The van der Waals surface area contributed by atoms with Crippen LogP contribution in [0.25, 0.3) is 0 Å². The Bertz CT molecular complexity index is 550. The SMILES string of the molecule is CCN1CCCC(NC(=O)c2cccc([N+](=O)[O-])c2Br)C1. The second kappa shape index (κ2) is 7.00. The van der Waals surface area contributed by atoms with Crippen LogP contribution in [-0.2, 0) is 0 Å². The summed E-state index contributed by atoms with van der Waals surface area (Å²) in [5, 5.41) is 13.9. The molecule has 0 spiro atoms. The molecule has 114 valence electrons. The Morgan fingerprint density at radius 1 is 1.57 bits per heavy atom. The summed E-state index contributed by atoms with van der Waals surface area (Å²) in [7, 11) is 0. The van der Waals surface area contributed by atoms with Gasteiger partial charge in [-0.2, -0.15) is 0 Å². The van der Waals surface area contributed by atoms with Crippen LogP contribution >= 0.6 is 15.9 Å². The maximum atomic E-state index is 12.3. The largest absolute Gasteiger partial charge is 0.348 e. The highest BCUT2D eigenvalue weighted by Gasteiger charge is 2.24. The molecule has 7 heteroatoms. The third kappa shape index (κ3) is 3.79. The zero-order valence-electron chi connectivity index (χ0n) is 11.8. The summed E-state index contributed by atoms with van der Waals surface area (Å²) >= 11 is 3.16. The zero-order valence-corrected chi connectivity index (χ0v) is 13.4. The van der Waals surface area contributed by atoms with Gasteiger partial charge in [-0.15, -0.1) is 0 Å². The summed E-state index contributed by atoms with van der Waals surface area (Å²) in [5.74, 6) is -0.270. The molecule has 1 heterocycles. The fourth-order valence-electron chi connectivity index (χ4n) is 2.56. The molecule has 0 aromatic heterocycles. The molecule has 1 saturated heterocycles. The number of rotatable bonds is 4. The van der Waals surface area contributed by atoms with Crippen molar-refractivity contribution in [2.24, 2.45) is 0 Å². The number of likely N-dealkylation sites (N-methyl/N-ethyl adjacent to an activating group) is 1. The van der Waals surface area contributed by atoms with E-state index in [4.69, 9.17) is 0 Å². The number of nitro groups is 1. The van der Waals surface area contributed by atoms with Gasteiger partial charge in [-0.05, 0) is 47.9 Å². The molecule has 1 unspecified atom stereocenters. The fraction of sp³-hybridized carbons (Fsp3) is 0.500. The van der Waals surface area contributed by atoms with Crippen LogP contribution in [0.5, 0.6) is 0 Å². The molecule has 0 aliphatic carbocycles. The molecule has 0 saturated carbocycles. The van der Waals surface area contributed by atoms with E-state index in [-0.39, 0.29) is 22.1 Å². The minimum absolute atomic E-state index is 0.0948. The standard InChI is InChI=1S/C14H18BrN3O3/c1-2-17-8-4-5-10(9-17)16-14(19)11-6-3-7-12(13(11)15)18(20)21/h3,6-7,10H,2,4-5,8-9H2,1H3,(H,16,19). The van der Waals surface area contributed by atoms with Gasteiger partial charge in [0.1, 0.15) is 4.47 Å². The quantitative estimate of drug-likeness (QED) is 0.665. The van der Waals surface area contributed by atoms with Crippen molar-refractivity contribution in [3.63, 3.8) is 0 Å². The van der Waals surface area contributed by atoms with E-state index in [2.05, 4.69) is 33.1 Å². The number of carbonyl (C=O) groups is 1. The van der Waals surface area contributed by atoms with E-state index in [0.717, 1.165) is 32.5 Å². The average molecular weight is 356 g/mol. The molecule has 1 fully saturated rings. The Morgan fingerprint density at radius 3 is 3.00 bits per heavy atom. The Hall–Kier alpha value is -1.47. The first kappa shape index (κ1) is 15.9. The lowest BCUT2D eigenvalue weighted by atomic mass is 10.0. The fourth-order valence-corrected chi connectivity index (χ4v) is 3.15. The first-order valence-corrected chi connectivity index (χ1v) is 7.78. The van der Waals surface area contributed by atoms with Crippen molar-refractivity contribution in [2.45, 2.75) is 25.8 Å². The topological polar surface area (TPSA) is 75.5 Å². The average Bonchev–Trinajstić information content (AvgIpc) is 2.47. The van der Waals surface area contributed by atoms with Gasteiger partial charge in [-0.3, -0.25) is 14.9 Å². The Labute approximate surface area is 131 Å². The van der Waals surface area contributed by atoms with Crippen LogP contribution in [0.2, 0.25) is 0 Å². The smallest absolute Gasteiger partial charge is 0.284 e. The molecular formula is C14H18BrN3O3. The number of nitro benzene ring substituents is 1. The van der Waals surface area contributed by atoms with Crippen LogP contribution < -0.4 is 5.32 Å². The van der Waals surface area contributed by atoms with E-state index >= 15 is 0 Å². The predicted molar refractivity (Wildman–Crippen MR) is 83.4 cm³/mol. The Kier molecular flexibility index (Phi) is 5.30. The summed E-state index contributed by atoms with van der Waals surface area (Å²) in [6.45, 7) is 4.95. The first-order chi connectivity index (χ1) is 10.0. The highest BCUT2D eigenvalue weighted by molar-refractivity contribution is 9.10. The number of carbonyl (C=O) groups excluding carboxylic acids is 1. The van der Waals surface area contributed by atoms with E-state index in [1.807, 2.05) is 0 Å². The second-order valence-corrected chi connectivity index (χ2v) is 5.89. The zero-order chi connectivity index (χ0) is 15.4. The summed E-state index contributed by atoms with van der Waals surface area (Å²) in [6, 6.07) is 4.59. The number of hydrogen-bond donors (Lipinski definition) is 1. The third-order valence-electron chi connectivity index (χ3n) is 3.71. The lowest BCUT2D eigenvalue weighted by Gasteiger charge is -2.32. The summed E-state index contributed by atoms with van der Waals surface area (Å²) in [5.41, 5.74) is 0.208. The summed E-state index contributed by atoms with van der Waals surface area (Å²) in [6.07, 6.45) is 1.99. The summed E-state index contributed by atoms with van der Waals surface area (Å²) < 4.78 is 0.232. The van der Waals surface area contributed by atoms with E-state index in [9.17, 15) is 14.9 Å². The van der Waals surface area contributed by atoms with E-state index in [1.165, 1.54) is 12.1 Å². The van der Waals surface area contributed by atoms with Gasteiger partial charge in [0.2, 0.25) is 0 Å². The summed E-state index contributed by atoms with van der Waals surface area (Å²) in [4.78, 5) is 25.0. The van der Waals surface area contributed by atoms with Gasteiger partial charge in [0.15, 0.2) is 0 Å². The number of likely N-dealkylation sites (tertiary alicyclic amines) is 1. The van der Waals surface area contributed by atoms with Crippen molar-refractivity contribution >= 4 is 27.5 Å². The van der Waals surface area contributed by atoms with Crippen LogP contribution in [-0.4, -0.2) is 41.4 Å². The van der Waals surface area contributed by atoms with Crippen LogP contribution in [0, 0.1) is 10.1 Å². The van der Waals surface area contributed by atoms with Crippen LogP contribution in [0.3, 0.4) is 0 Å². The van der Waals surface area contributed by atoms with Crippen molar-refractivity contribution in [1.29, 1.82) is 0 Å². The lowest BCUT2D eigenvalue weighted by molar-refractivity contribution is -0.385. The molecule has 0 bridgehead atoms. The van der Waals surface area contributed by atoms with E-state index in [0.29, 0.717) is 5.56 Å². The van der Waals surface area contributed by atoms with Crippen molar-refractivity contribution in [2.75, 3.05) is 19.6 Å². The minimum Gasteiger partial charge on any atom is -0.348 e. The molecule has 1 aliphatic heterocycles. The highest BCUT2D eigenvalue weighted by Crippen LogP contribution is 2.28. The van der Waals surface area contributed by atoms with Gasteiger partial charge >= 0.3 is 0 Å². The molecule has 1 aliphatic rings. The van der Waals surface area contributed by atoms with Crippen LogP contribution in [0.1, 0.15) is 30.1 Å². The van der Waals surface area contributed by atoms with Crippen molar-refractivity contribution in [1.82, 2.24) is 10.2 Å². The molecule has 1 aromatic rings.